The number of ketones is 2. The summed E-state index contributed by atoms with van der Waals surface area (Å²) in [6.07, 6.45) is 4.97. The quantitative estimate of drug-likeness (QED) is 0.0247. The average molecular weight is 1510 g/mol. The van der Waals surface area contributed by atoms with Crippen molar-refractivity contribution in [2.75, 3.05) is 65.6 Å². The lowest BCUT2D eigenvalue weighted by atomic mass is 9.90. The minimum absolute atomic E-state index is 0.0428. The Kier molecular flexibility index (Phi) is 28.2. The summed E-state index contributed by atoms with van der Waals surface area (Å²) in [5.41, 5.74) is 21.2. The first kappa shape index (κ1) is 80.8. The number of aliphatic hydroxyl groups is 1. The van der Waals surface area contributed by atoms with Crippen molar-refractivity contribution in [3.05, 3.63) is 173 Å². The molecule has 16 atom stereocenters. The first-order valence-corrected chi connectivity index (χ1v) is 38.9. The van der Waals surface area contributed by atoms with Gasteiger partial charge in [-0.2, -0.15) is 0 Å². The highest BCUT2D eigenvalue weighted by Crippen LogP contribution is 2.45. The number of benzene rings is 5. The summed E-state index contributed by atoms with van der Waals surface area (Å²) in [6, 6.07) is 39.9. The molecule has 27 nitrogen and oxygen atoms in total. The number of hydrogen-bond donors (Lipinski definition) is 12. The van der Waals surface area contributed by atoms with E-state index in [0.717, 1.165) is 22.3 Å². The number of aliphatic hydroxyl groups excluding tert-OH is 1. The predicted molar refractivity (Wildman–Crippen MR) is 407 cm³/mol. The third-order valence-electron chi connectivity index (χ3n) is 22.3. The molecule has 5 aromatic rings. The molecular weight excluding hydrogens is 1400 g/mol. The molecule has 6 aliphatic rings. The molecule has 6 fully saturated rings. The number of Topliss-reactive ketones (excluding diaryl/α,β-unsaturated/α-hetero) is 2. The fourth-order valence-electron chi connectivity index (χ4n) is 15.5. The maximum atomic E-state index is 15.3. The number of likely N-dealkylation sites (tertiary alicyclic amines) is 2. The minimum Gasteiger partial charge on any atom is -0.483 e. The Morgan fingerprint density at radius 2 is 0.836 bits per heavy atom. The average Bonchev–Trinajstić information content (AvgIpc) is 1.63. The number of amides is 9. The van der Waals surface area contributed by atoms with Crippen molar-refractivity contribution < 1.29 is 72.5 Å². The van der Waals surface area contributed by atoms with Gasteiger partial charge in [0, 0.05) is 98.3 Å². The predicted octanol–water partition coefficient (Wildman–Crippen LogP) is 3.83. The largest absolute Gasteiger partial charge is 0.483 e. The Labute approximate surface area is 640 Å². The summed E-state index contributed by atoms with van der Waals surface area (Å²) in [5, 5.41) is 40.7. The van der Waals surface area contributed by atoms with Gasteiger partial charge in [-0.1, -0.05) is 128 Å². The van der Waals surface area contributed by atoms with Crippen LogP contribution in [0.1, 0.15) is 163 Å². The van der Waals surface area contributed by atoms with Crippen molar-refractivity contribution in [1.29, 1.82) is 0 Å². The SMILES string of the molecule is NCCCC[C@H](CC(=O)[C@H](CCCCN)NC(=O)[C@H](CO)CC(=O)CNC(=O)COc1cc(C(=O)N2C[C@@H](C(=O)N[C@H]3C[C@@H]3c3ccccc3)[C@H](C(=O)N[C@H]3C[C@@H]3c3ccccc3)C2)ccc1C(=O)N1C[C@@H](C(=O)N[C@H]2C[C@@H]2c2ccccc2)[C@H](C(=O)N[C@H]2C[C@@H]2c2ccccc2)C1)C(=O)N[C@@H](CCCCN)C(=O)O. The third-order valence-corrected chi connectivity index (χ3v) is 22.3. The molecule has 0 aromatic heterocycles. The van der Waals surface area contributed by atoms with Gasteiger partial charge in [0.25, 0.3) is 17.7 Å². The molecule has 110 heavy (non-hydrogen) atoms. The van der Waals surface area contributed by atoms with E-state index in [0.29, 0.717) is 77.3 Å². The molecule has 9 amide bonds. The third kappa shape index (κ3) is 21.6. The second-order valence-electron chi connectivity index (χ2n) is 30.4. The summed E-state index contributed by atoms with van der Waals surface area (Å²) in [5.74, 6) is -14.1. The van der Waals surface area contributed by atoms with Crippen LogP contribution in [0, 0.1) is 35.5 Å². The second-order valence-corrected chi connectivity index (χ2v) is 30.4. The fourth-order valence-corrected chi connectivity index (χ4v) is 15.5. The van der Waals surface area contributed by atoms with Gasteiger partial charge in [0.1, 0.15) is 11.8 Å². The first-order valence-electron chi connectivity index (χ1n) is 38.9. The zero-order valence-electron chi connectivity index (χ0n) is 62.0. The van der Waals surface area contributed by atoms with Crippen LogP contribution in [0.3, 0.4) is 0 Å². The number of nitrogens with zero attached hydrogens (tertiary/aromatic N) is 2. The molecule has 27 heteroatoms. The number of carbonyl (C=O) groups is 12. The number of carbonyl (C=O) groups excluding carboxylic acids is 11. The normalized spacial score (nSPS) is 23.7. The number of rotatable bonds is 42. The lowest BCUT2D eigenvalue weighted by Crippen LogP contribution is -2.47. The Morgan fingerprint density at radius 3 is 1.24 bits per heavy atom. The smallest absolute Gasteiger partial charge is 0.326 e. The van der Waals surface area contributed by atoms with Crippen molar-refractivity contribution in [2.45, 2.75) is 156 Å². The molecule has 2 saturated heterocycles. The van der Waals surface area contributed by atoms with Gasteiger partial charge in [0.05, 0.1) is 54.3 Å². The summed E-state index contributed by atoms with van der Waals surface area (Å²) < 4.78 is 6.19. The first-order chi connectivity index (χ1) is 53.2. The topological polar surface area (TPSA) is 423 Å². The molecule has 2 aliphatic heterocycles. The van der Waals surface area contributed by atoms with E-state index in [1.807, 2.05) is 121 Å². The van der Waals surface area contributed by atoms with Crippen LogP contribution in [0.15, 0.2) is 140 Å². The van der Waals surface area contributed by atoms with Crippen LogP contribution in [-0.2, 0) is 47.9 Å². The number of carboxylic acid groups (broad SMARTS) is 1. The maximum absolute atomic E-state index is 15.3. The van der Waals surface area contributed by atoms with Crippen LogP contribution in [-0.4, -0.2) is 193 Å². The van der Waals surface area contributed by atoms with Gasteiger partial charge >= 0.3 is 5.97 Å². The Balaban J connectivity index is 0.796. The number of hydrogen-bond acceptors (Lipinski definition) is 17. The molecular formula is C83H104N12O15. The van der Waals surface area contributed by atoms with Gasteiger partial charge in [-0.3, -0.25) is 52.7 Å². The number of nitrogens with two attached hydrogens (primary N) is 3. The number of ether oxygens (including phenoxy) is 1. The van der Waals surface area contributed by atoms with E-state index < -0.39 is 133 Å². The van der Waals surface area contributed by atoms with Gasteiger partial charge in [0.15, 0.2) is 18.2 Å². The highest BCUT2D eigenvalue weighted by Gasteiger charge is 2.52. The molecule has 5 aromatic carbocycles. The van der Waals surface area contributed by atoms with Crippen LogP contribution < -0.4 is 59.2 Å². The summed E-state index contributed by atoms with van der Waals surface area (Å²) in [7, 11) is 0. The molecule has 15 N–H and O–H groups in total. The van der Waals surface area contributed by atoms with E-state index in [2.05, 4.69) is 37.2 Å². The minimum atomic E-state index is -1.41. The molecule has 0 unspecified atom stereocenters. The Hall–Kier alpha value is -10.2. The zero-order chi connectivity index (χ0) is 78.0. The Morgan fingerprint density at radius 1 is 0.455 bits per heavy atom. The standard InChI is InChI=1S/C83H104N12O15/c84-32-16-13-27-53(75(100)89-67(83(108)109)29-15-18-34-86)36-72(98)66(28-14-17-33-85)88-76(101)55(47-96)35-56(97)42-87-74(99)48-110-73-37-54(81(106)94-43-62(77(102)90-68-38-58(68)49-19-5-1-6-20-49)63(44-94)78(103)91-69-39-59(69)50-21-7-2-8-22-50)30-31-57(73)82(107)95-45-64(79(104)92-70-40-60(70)51-23-9-3-10-24-51)65(46-95)80(105)93-71-41-61(71)52-25-11-4-12-26-52/h1-12,19-26,30-31,37,53,55,58-71,96H,13-18,27-29,32-36,38-48,84-86H2,(H,87,99)(H,88,101)(H,89,100)(H,90,102)(H,91,103)(H,92,104)(H,93,105)(H,108,109)/t53-,55+,58-,59-,60-,61-,62-,63-,64-,65-,66+,67+,68+,69+,70+,71+/m1/s1. The van der Waals surface area contributed by atoms with Crippen molar-refractivity contribution >= 4 is 70.7 Å². The maximum Gasteiger partial charge on any atom is 0.326 e. The van der Waals surface area contributed by atoms with Crippen LogP contribution in [0.5, 0.6) is 5.75 Å². The highest BCUT2D eigenvalue weighted by atomic mass is 16.5. The molecule has 4 saturated carbocycles. The molecule has 0 bridgehead atoms. The molecule has 11 rings (SSSR count). The number of unbranched alkanes of at least 4 members (excludes halogenated alkanes) is 3. The zero-order valence-corrected chi connectivity index (χ0v) is 62.0. The van der Waals surface area contributed by atoms with E-state index in [4.69, 9.17) is 21.9 Å². The van der Waals surface area contributed by atoms with Crippen molar-refractivity contribution in [2.24, 2.45) is 52.7 Å². The van der Waals surface area contributed by atoms with Crippen molar-refractivity contribution in [3.63, 3.8) is 0 Å². The molecule has 0 radical (unpaired) electrons. The molecule has 0 spiro atoms. The lowest BCUT2D eigenvalue weighted by molar-refractivity contribution is -0.143. The van der Waals surface area contributed by atoms with E-state index >= 15 is 9.59 Å². The molecule has 2 heterocycles. The second kappa shape index (κ2) is 38.4. The monoisotopic (exact) mass is 1510 g/mol. The Bertz CT molecular complexity index is 3930. The van der Waals surface area contributed by atoms with Crippen molar-refractivity contribution in [1.82, 2.24) is 47.0 Å². The van der Waals surface area contributed by atoms with Gasteiger partial charge in [-0.05, 0) is 137 Å². The van der Waals surface area contributed by atoms with Crippen LogP contribution in [0.2, 0.25) is 0 Å². The van der Waals surface area contributed by atoms with E-state index in [1.165, 1.54) is 28.0 Å². The van der Waals surface area contributed by atoms with E-state index in [9.17, 15) is 58.2 Å². The van der Waals surface area contributed by atoms with E-state index in [-0.39, 0.29) is 135 Å². The molecule has 586 valence electrons. The van der Waals surface area contributed by atoms with Crippen LogP contribution >= 0.6 is 0 Å². The summed E-state index contributed by atoms with van der Waals surface area (Å²) in [4.78, 5) is 173. The van der Waals surface area contributed by atoms with Crippen LogP contribution in [0.4, 0.5) is 0 Å². The number of aliphatic carboxylic acids is 1. The number of nitrogens with one attached hydrogen (secondary N) is 7. The molecule has 4 aliphatic carbocycles. The van der Waals surface area contributed by atoms with Gasteiger partial charge < -0.3 is 79.2 Å². The van der Waals surface area contributed by atoms with Gasteiger partial charge in [0.2, 0.25) is 35.4 Å². The van der Waals surface area contributed by atoms with Crippen LogP contribution in [0.25, 0.3) is 0 Å². The lowest BCUT2D eigenvalue weighted by Gasteiger charge is -2.24. The van der Waals surface area contributed by atoms with Crippen molar-refractivity contribution in [3.8, 4) is 5.75 Å². The van der Waals surface area contributed by atoms with Gasteiger partial charge in [-0.15, -0.1) is 0 Å². The fraction of sp³-hybridized carbons (Fsp3) is 0.494. The van der Waals surface area contributed by atoms with E-state index in [1.54, 1.807) is 0 Å². The highest BCUT2D eigenvalue weighted by molar-refractivity contribution is 6.03. The summed E-state index contributed by atoms with van der Waals surface area (Å²) >= 11 is 0. The summed E-state index contributed by atoms with van der Waals surface area (Å²) in [6.45, 7) is -2.16. The number of carboxylic acids is 1. The van der Waals surface area contributed by atoms with Gasteiger partial charge in [-0.25, -0.2) is 4.79 Å².